The summed E-state index contributed by atoms with van der Waals surface area (Å²) < 4.78 is 31.6. The topological polar surface area (TPSA) is 75.7 Å². The number of nitrogens with one attached hydrogen (secondary N) is 1. The van der Waals surface area contributed by atoms with Gasteiger partial charge in [-0.2, -0.15) is 4.31 Å². The molecule has 0 saturated carbocycles. The molecule has 0 aliphatic carbocycles. The first kappa shape index (κ1) is 20.9. The number of nitrogens with zero attached hydrogens (tertiary/aromatic N) is 1. The molecule has 0 atom stereocenters. The van der Waals surface area contributed by atoms with Crippen LogP contribution in [-0.2, 0) is 21.4 Å². The van der Waals surface area contributed by atoms with Gasteiger partial charge < -0.3 is 10.1 Å². The fourth-order valence-corrected chi connectivity index (χ4v) is 3.52. The predicted octanol–water partition coefficient (Wildman–Crippen LogP) is 2.72. The van der Waals surface area contributed by atoms with Crippen LogP contribution in [0.15, 0.2) is 53.4 Å². The lowest BCUT2D eigenvalue weighted by Crippen LogP contribution is -2.38. The van der Waals surface area contributed by atoms with Gasteiger partial charge in [0.15, 0.2) is 0 Å². The number of carbonyl (C=O) groups is 1. The summed E-state index contributed by atoms with van der Waals surface area (Å²) in [6, 6.07) is 14.0. The summed E-state index contributed by atoms with van der Waals surface area (Å²) >= 11 is 0. The van der Waals surface area contributed by atoms with Crippen molar-refractivity contribution < 1.29 is 17.9 Å². The van der Waals surface area contributed by atoms with Crippen LogP contribution in [0.4, 0.5) is 0 Å². The molecule has 0 bridgehead atoms. The van der Waals surface area contributed by atoms with Crippen molar-refractivity contribution in [3.8, 4) is 5.75 Å². The highest BCUT2D eigenvalue weighted by Crippen LogP contribution is 2.15. The lowest BCUT2D eigenvalue weighted by atomic mass is 10.2. The molecule has 2 aromatic carbocycles. The molecule has 0 spiro atoms. The van der Waals surface area contributed by atoms with Crippen molar-refractivity contribution in [2.45, 2.75) is 38.3 Å². The van der Waals surface area contributed by atoms with Crippen LogP contribution < -0.4 is 10.1 Å². The van der Waals surface area contributed by atoms with Crippen LogP contribution in [0.2, 0.25) is 0 Å². The van der Waals surface area contributed by atoms with Crippen LogP contribution in [-0.4, -0.2) is 38.3 Å². The van der Waals surface area contributed by atoms with E-state index in [1.54, 1.807) is 24.3 Å². The molecule has 0 aromatic heterocycles. The van der Waals surface area contributed by atoms with Crippen LogP contribution in [0, 0.1) is 6.92 Å². The lowest BCUT2D eigenvalue weighted by molar-refractivity contribution is -0.121. The van der Waals surface area contributed by atoms with Gasteiger partial charge in [0, 0.05) is 13.6 Å². The van der Waals surface area contributed by atoms with Gasteiger partial charge in [-0.25, -0.2) is 8.42 Å². The Balaban J connectivity index is 1.90. The number of rotatable bonds is 8. The van der Waals surface area contributed by atoms with Crippen LogP contribution in [0.1, 0.15) is 25.0 Å². The number of sulfonamides is 1. The molecular weight excluding hydrogens is 364 g/mol. The highest BCUT2D eigenvalue weighted by atomic mass is 32.2. The van der Waals surface area contributed by atoms with E-state index in [1.807, 2.05) is 45.0 Å². The maximum Gasteiger partial charge on any atom is 0.243 e. The largest absolute Gasteiger partial charge is 0.491 e. The SMILES string of the molecule is Cc1ccc(S(=O)(=O)N(C)CC(=O)NCc2ccc(OC(C)C)cc2)cc1. The maximum absolute atomic E-state index is 12.5. The van der Waals surface area contributed by atoms with E-state index >= 15 is 0 Å². The Kier molecular flexibility index (Phi) is 6.98. The average molecular weight is 391 g/mol. The highest BCUT2D eigenvalue weighted by molar-refractivity contribution is 7.89. The van der Waals surface area contributed by atoms with Gasteiger partial charge in [-0.15, -0.1) is 0 Å². The number of ether oxygens (including phenoxy) is 1. The predicted molar refractivity (Wildman–Crippen MR) is 105 cm³/mol. The zero-order valence-corrected chi connectivity index (χ0v) is 16.9. The van der Waals surface area contributed by atoms with Crippen molar-refractivity contribution in [3.63, 3.8) is 0 Å². The molecule has 2 rings (SSSR count). The minimum atomic E-state index is -3.69. The summed E-state index contributed by atoms with van der Waals surface area (Å²) in [4.78, 5) is 12.3. The van der Waals surface area contributed by atoms with Gasteiger partial charge in [0.25, 0.3) is 0 Å². The van der Waals surface area contributed by atoms with E-state index < -0.39 is 10.0 Å². The van der Waals surface area contributed by atoms with E-state index in [0.29, 0.717) is 6.54 Å². The van der Waals surface area contributed by atoms with Crippen molar-refractivity contribution in [1.29, 1.82) is 0 Å². The molecule has 0 unspecified atom stereocenters. The van der Waals surface area contributed by atoms with E-state index in [0.717, 1.165) is 21.2 Å². The summed E-state index contributed by atoms with van der Waals surface area (Å²) in [6.07, 6.45) is 0.0987. The lowest BCUT2D eigenvalue weighted by Gasteiger charge is -2.17. The van der Waals surface area contributed by atoms with Gasteiger partial charge >= 0.3 is 0 Å². The Bertz CT molecular complexity index is 860. The number of benzene rings is 2. The van der Waals surface area contributed by atoms with Gasteiger partial charge in [-0.3, -0.25) is 4.79 Å². The molecule has 7 heteroatoms. The summed E-state index contributed by atoms with van der Waals surface area (Å²) in [6.45, 7) is 5.86. The third kappa shape index (κ3) is 6.08. The first-order valence-corrected chi connectivity index (χ1v) is 10.2. The highest BCUT2D eigenvalue weighted by Gasteiger charge is 2.22. The molecule has 6 nitrogen and oxygen atoms in total. The quantitative estimate of drug-likeness (QED) is 0.752. The molecule has 0 heterocycles. The number of aryl methyl sites for hydroxylation is 1. The fourth-order valence-electron chi connectivity index (χ4n) is 2.39. The molecule has 0 aliphatic rings. The van der Waals surface area contributed by atoms with Crippen molar-refractivity contribution >= 4 is 15.9 Å². The molecule has 2 aromatic rings. The Labute approximate surface area is 161 Å². The van der Waals surface area contributed by atoms with Gasteiger partial charge in [0.05, 0.1) is 17.5 Å². The minimum Gasteiger partial charge on any atom is -0.491 e. The van der Waals surface area contributed by atoms with E-state index in [1.165, 1.54) is 7.05 Å². The van der Waals surface area contributed by atoms with Gasteiger partial charge in [-0.05, 0) is 50.6 Å². The molecule has 0 saturated heterocycles. The minimum absolute atomic E-state index is 0.0987. The molecule has 0 radical (unpaired) electrons. The summed E-state index contributed by atoms with van der Waals surface area (Å²) in [7, 11) is -2.30. The monoisotopic (exact) mass is 390 g/mol. The Morgan fingerprint density at radius 2 is 1.67 bits per heavy atom. The van der Waals surface area contributed by atoms with Crippen LogP contribution >= 0.6 is 0 Å². The first-order valence-electron chi connectivity index (χ1n) is 8.74. The number of amides is 1. The molecule has 0 fully saturated rings. The molecular formula is C20H26N2O4S. The zero-order valence-electron chi connectivity index (χ0n) is 16.1. The number of hydrogen-bond donors (Lipinski definition) is 1. The van der Waals surface area contributed by atoms with Crippen molar-refractivity contribution in [1.82, 2.24) is 9.62 Å². The van der Waals surface area contributed by atoms with Crippen LogP contribution in [0.5, 0.6) is 5.75 Å². The molecule has 1 amide bonds. The van der Waals surface area contributed by atoms with Crippen molar-refractivity contribution in [2.75, 3.05) is 13.6 Å². The third-order valence-corrected chi connectivity index (χ3v) is 5.70. The van der Waals surface area contributed by atoms with Gasteiger partial charge in [-0.1, -0.05) is 29.8 Å². The van der Waals surface area contributed by atoms with E-state index in [9.17, 15) is 13.2 Å². The zero-order chi connectivity index (χ0) is 20.0. The molecule has 146 valence electrons. The van der Waals surface area contributed by atoms with E-state index in [2.05, 4.69) is 5.32 Å². The second-order valence-electron chi connectivity index (χ2n) is 6.66. The summed E-state index contributed by atoms with van der Waals surface area (Å²) in [5, 5.41) is 2.74. The van der Waals surface area contributed by atoms with Crippen molar-refractivity contribution in [3.05, 3.63) is 59.7 Å². The smallest absolute Gasteiger partial charge is 0.243 e. The Hall–Kier alpha value is -2.38. The fraction of sp³-hybridized carbons (Fsp3) is 0.350. The van der Waals surface area contributed by atoms with Crippen LogP contribution in [0.3, 0.4) is 0 Å². The first-order chi connectivity index (χ1) is 12.7. The Morgan fingerprint density at radius 3 is 2.22 bits per heavy atom. The summed E-state index contributed by atoms with van der Waals surface area (Å²) in [5.74, 6) is 0.402. The molecule has 0 aliphatic heterocycles. The number of carbonyl (C=O) groups excluding carboxylic acids is 1. The van der Waals surface area contributed by atoms with E-state index in [4.69, 9.17) is 4.74 Å². The second-order valence-corrected chi connectivity index (χ2v) is 8.71. The number of likely N-dealkylation sites (N-methyl/N-ethyl adjacent to an activating group) is 1. The number of hydrogen-bond acceptors (Lipinski definition) is 4. The molecule has 1 N–H and O–H groups in total. The molecule has 27 heavy (non-hydrogen) atoms. The van der Waals surface area contributed by atoms with Gasteiger partial charge in [0.1, 0.15) is 5.75 Å². The van der Waals surface area contributed by atoms with Crippen LogP contribution in [0.25, 0.3) is 0 Å². The summed E-state index contributed by atoms with van der Waals surface area (Å²) in [5.41, 5.74) is 1.88. The normalized spacial score (nSPS) is 11.6. The second kappa shape index (κ2) is 9.01. The van der Waals surface area contributed by atoms with Gasteiger partial charge in [0.2, 0.25) is 15.9 Å². The van der Waals surface area contributed by atoms with Crippen molar-refractivity contribution in [2.24, 2.45) is 0 Å². The maximum atomic E-state index is 12.5. The average Bonchev–Trinajstić information content (AvgIpc) is 2.61. The Morgan fingerprint density at radius 1 is 1.07 bits per heavy atom. The van der Waals surface area contributed by atoms with E-state index in [-0.39, 0.29) is 23.5 Å². The third-order valence-electron chi connectivity index (χ3n) is 3.88. The standard InChI is InChI=1S/C20H26N2O4S/c1-15(2)26-18-9-7-17(8-10-18)13-21-20(23)14-22(4)27(24,25)19-11-5-16(3)6-12-19/h5-12,15H,13-14H2,1-4H3,(H,21,23).